The van der Waals surface area contributed by atoms with Crippen LogP contribution in [0.4, 0.5) is 5.69 Å². The number of nitrogens with one attached hydrogen (secondary N) is 2. The molecule has 0 aliphatic heterocycles. The lowest BCUT2D eigenvalue weighted by atomic mass is 10.3. The molecular formula is C24H22BrN5O4S. The number of furan rings is 1. The number of benzene rings is 2. The molecule has 2 aromatic carbocycles. The molecule has 4 aromatic rings. The number of hydrogen-bond acceptors (Lipinski definition) is 7. The van der Waals surface area contributed by atoms with Gasteiger partial charge in [0, 0.05) is 15.8 Å². The molecule has 0 bridgehead atoms. The van der Waals surface area contributed by atoms with Crippen molar-refractivity contribution in [2.75, 3.05) is 17.7 Å². The quantitative estimate of drug-likeness (QED) is 0.273. The summed E-state index contributed by atoms with van der Waals surface area (Å²) in [6.45, 7) is 2.62. The Kier molecular flexibility index (Phi) is 8.22. The van der Waals surface area contributed by atoms with Crippen LogP contribution >= 0.6 is 27.7 Å². The molecule has 0 aliphatic rings. The second-order valence-electron chi connectivity index (χ2n) is 7.16. The first kappa shape index (κ1) is 24.6. The third-order valence-corrected chi connectivity index (χ3v) is 6.18. The molecule has 2 N–H and O–H groups in total. The fraction of sp³-hybridized carbons (Fsp3) is 0.167. The minimum atomic E-state index is -0.357. The maximum Gasteiger partial charge on any atom is 0.287 e. The predicted molar refractivity (Wildman–Crippen MR) is 136 cm³/mol. The van der Waals surface area contributed by atoms with E-state index in [-0.39, 0.29) is 29.9 Å². The molecule has 35 heavy (non-hydrogen) atoms. The zero-order valence-corrected chi connectivity index (χ0v) is 21.1. The largest absolute Gasteiger partial charge is 0.494 e. The van der Waals surface area contributed by atoms with Crippen LogP contribution < -0.4 is 15.4 Å². The number of carbonyl (C=O) groups is 2. The van der Waals surface area contributed by atoms with E-state index in [9.17, 15) is 9.59 Å². The fourth-order valence-electron chi connectivity index (χ4n) is 3.14. The number of halogens is 1. The average Bonchev–Trinajstić information content (AvgIpc) is 3.54. The van der Waals surface area contributed by atoms with Crippen LogP contribution in [0.5, 0.6) is 5.75 Å². The van der Waals surface area contributed by atoms with Crippen molar-refractivity contribution in [3.05, 3.63) is 83.0 Å². The van der Waals surface area contributed by atoms with E-state index in [1.165, 1.54) is 18.0 Å². The maximum atomic E-state index is 12.5. The first-order chi connectivity index (χ1) is 17.0. The number of rotatable bonds is 10. The molecular weight excluding hydrogens is 534 g/mol. The second kappa shape index (κ2) is 11.7. The smallest absolute Gasteiger partial charge is 0.287 e. The Labute approximate surface area is 214 Å². The Morgan fingerprint density at radius 1 is 1.09 bits per heavy atom. The summed E-state index contributed by atoms with van der Waals surface area (Å²) in [6.07, 6.45) is 1.44. The Balaban J connectivity index is 1.45. The van der Waals surface area contributed by atoms with Gasteiger partial charge in [-0.1, -0.05) is 27.7 Å². The van der Waals surface area contributed by atoms with E-state index in [1.807, 2.05) is 35.8 Å². The van der Waals surface area contributed by atoms with Gasteiger partial charge in [0.2, 0.25) is 5.91 Å². The molecule has 4 rings (SSSR count). The highest BCUT2D eigenvalue weighted by Crippen LogP contribution is 2.24. The zero-order chi connectivity index (χ0) is 24.6. The van der Waals surface area contributed by atoms with Gasteiger partial charge < -0.3 is 19.8 Å². The number of hydrogen-bond donors (Lipinski definition) is 2. The minimum Gasteiger partial charge on any atom is -0.494 e. The molecule has 2 heterocycles. The van der Waals surface area contributed by atoms with Crippen molar-refractivity contribution in [2.45, 2.75) is 18.6 Å². The van der Waals surface area contributed by atoms with Gasteiger partial charge in [0.05, 0.1) is 25.2 Å². The number of carbonyl (C=O) groups excluding carboxylic acids is 2. The van der Waals surface area contributed by atoms with Gasteiger partial charge in [-0.15, -0.1) is 10.2 Å². The Morgan fingerprint density at radius 2 is 1.86 bits per heavy atom. The molecule has 180 valence electrons. The van der Waals surface area contributed by atoms with E-state index in [1.54, 1.807) is 36.4 Å². The predicted octanol–water partition coefficient (Wildman–Crippen LogP) is 4.68. The van der Waals surface area contributed by atoms with E-state index in [0.717, 1.165) is 15.9 Å². The molecule has 2 amide bonds. The molecule has 9 nitrogen and oxygen atoms in total. The molecule has 11 heteroatoms. The summed E-state index contributed by atoms with van der Waals surface area (Å²) in [4.78, 5) is 24.8. The number of ether oxygens (including phenoxy) is 1. The first-order valence-electron chi connectivity index (χ1n) is 10.7. The Hall–Kier alpha value is -3.57. The normalized spacial score (nSPS) is 10.7. The monoisotopic (exact) mass is 555 g/mol. The van der Waals surface area contributed by atoms with Crippen LogP contribution in [0.1, 0.15) is 23.3 Å². The van der Waals surface area contributed by atoms with Crippen LogP contribution in [0.2, 0.25) is 0 Å². The highest BCUT2D eigenvalue weighted by Gasteiger charge is 2.18. The Bertz CT molecular complexity index is 1270. The van der Waals surface area contributed by atoms with Gasteiger partial charge >= 0.3 is 0 Å². The number of aromatic nitrogens is 3. The van der Waals surface area contributed by atoms with Gasteiger partial charge in [-0.3, -0.25) is 14.2 Å². The lowest BCUT2D eigenvalue weighted by Crippen LogP contribution is -2.24. The molecule has 2 aromatic heterocycles. The minimum absolute atomic E-state index is 0.126. The van der Waals surface area contributed by atoms with Crippen molar-refractivity contribution in [1.29, 1.82) is 0 Å². The lowest BCUT2D eigenvalue weighted by Gasteiger charge is -2.11. The van der Waals surface area contributed by atoms with E-state index < -0.39 is 0 Å². The molecule has 0 saturated carbocycles. The maximum absolute atomic E-state index is 12.5. The van der Waals surface area contributed by atoms with Crippen molar-refractivity contribution in [3.8, 4) is 11.4 Å². The number of thioether (sulfide) groups is 1. The third-order valence-electron chi connectivity index (χ3n) is 4.72. The van der Waals surface area contributed by atoms with Gasteiger partial charge in [-0.2, -0.15) is 0 Å². The van der Waals surface area contributed by atoms with Crippen molar-refractivity contribution < 1.29 is 18.7 Å². The summed E-state index contributed by atoms with van der Waals surface area (Å²) in [5.74, 6) is 1.05. The SMILES string of the molecule is CCOc1ccc(NC(=O)CSc2nnc(CNC(=O)c3ccco3)n2-c2ccc(Br)cc2)cc1. The van der Waals surface area contributed by atoms with E-state index in [2.05, 4.69) is 36.8 Å². The highest BCUT2D eigenvalue weighted by molar-refractivity contribution is 9.10. The summed E-state index contributed by atoms with van der Waals surface area (Å²) in [5, 5.41) is 14.7. The molecule has 0 aliphatic carbocycles. The topological polar surface area (TPSA) is 111 Å². The molecule has 0 radical (unpaired) electrons. The van der Waals surface area contributed by atoms with Gasteiger partial charge in [0.15, 0.2) is 16.7 Å². The van der Waals surface area contributed by atoms with Crippen LogP contribution in [0.15, 0.2) is 81.0 Å². The fourth-order valence-corrected chi connectivity index (χ4v) is 4.18. The van der Waals surface area contributed by atoms with E-state index in [4.69, 9.17) is 9.15 Å². The summed E-state index contributed by atoms with van der Waals surface area (Å²) < 4.78 is 13.3. The lowest BCUT2D eigenvalue weighted by molar-refractivity contribution is -0.113. The second-order valence-corrected chi connectivity index (χ2v) is 9.02. The van der Waals surface area contributed by atoms with Crippen LogP contribution in [0, 0.1) is 0 Å². The summed E-state index contributed by atoms with van der Waals surface area (Å²) in [7, 11) is 0. The van der Waals surface area contributed by atoms with Crippen molar-refractivity contribution in [3.63, 3.8) is 0 Å². The van der Waals surface area contributed by atoms with Crippen LogP contribution in [-0.2, 0) is 11.3 Å². The number of amides is 2. The van der Waals surface area contributed by atoms with Gasteiger partial charge in [-0.25, -0.2) is 0 Å². The number of anilines is 1. The van der Waals surface area contributed by atoms with Gasteiger partial charge in [0.25, 0.3) is 5.91 Å². The van der Waals surface area contributed by atoms with Crippen molar-refractivity contribution in [1.82, 2.24) is 20.1 Å². The summed E-state index contributed by atoms with van der Waals surface area (Å²) in [5.41, 5.74) is 1.48. The van der Waals surface area contributed by atoms with Crippen LogP contribution in [0.3, 0.4) is 0 Å². The summed E-state index contributed by atoms with van der Waals surface area (Å²) in [6, 6.07) is 18.0. The number of nitrogens with zero attached hydrogens (tertiary/aromatic N) is 3. The molecule has 0 unspecified atom stereocenters. The Morgan fingerprint density at radius 3 is 2.54 bits per heavy atom. The molecule has 0 saturated heterocycles. The molecule has 0 spiro atoms. The molecule has 0 fully saturated rings. The van der Waals surface area contributed by atoms with Crippen LogP contribution in [-0.4, -0.2) is 38.9 Å². The van der Waals surface area contributed by atoms with Gasteiger partial charge in [0.1, 0.15) is 5.75 Å². The zero-order valence-electron chi connectivity index (χ0n) is 18.7. The van der Waals surface area contributed by atoms with E-state index in [0.29, 0.717) is 23.3 Å². The first-order valence-corrected chi connectivity index (χ1v) is 12.5. The average molecular weight is 556 g/mol. The van der Waals surface area contributed by atoms with Crippen molar-refractivity contribution >= 4 is 45.2 Å². The third kappa shape index (κ3) is 6.52. The van der Waals surface area contributed by atoms with Gasteiger partial charge in [-0.05, 0) is 67.6 Å². The highest BCUT2D eigenvalue weighted by atomic mass is 79.9. The summed E-state index contributed by atoms with van der Waals surface area (Å²) >= 11 is 4.69. The van der Waals surface area contributed by atoms with Crippen molar-refractivity contribution in [2.24, 2.45) is 0 Å². The standard InChI is InChI=1S/C24H22BrN5O4S/c1-2-33-19-11-7-17(8-12-19)27-22(31)15-35-24-29-28-21(14-26-23(32)20-4-3-13-34-20)30(24)18-9-5-16(25)6-10-18/h3-13H,2,14-15H2,1H3,(H,26,32)(H,27,31). The molecule has 0 atom stereocenters. The van der Waals surface area contributed by atoms with Crippen LogP contribution in [0.25, 0.3) is 5.69 Å². The van der Waals surface area contributed by atoms with E-state index >= 15 is 0 Å².